The average Bonchev–Trinajstić information content (AvgIpc) is 3.46. The summed E-state index contributed by atoms with van der Waals surface area (Å²) < 4.78 is 71.7. The number of aliphatic carboxylic acids is 2. The van der Waals surface area contributed by atoms with Crippen molar-refractivity contribution < 1.29 is 50.9 Å². The van der Waals surface area contributed by atoms with Gasteiger partial charge < -0.3 is 14.9 Å². The van der Waals surface area contributed by atoms with E-state index < -0.39 is 24.3 Å². The molecule has 3 heterocycles. The zero-order valence-corrected chi connectivity index (χ0v) is 20.3. The first kappa shape index (κ1) is 31.0. The van der Waals surface area contributed by atoms with Crippen LogP contribution in [-0.2, 0) is 34.3 Å². The number of carboxylic acids is 2. The summed E-state index contributed by atoms with van der Waals surface area (Å²) in [6.07, 6.45) is 2.90. The van der Waals surface area contributed by atoms with E-state index in [-0.39, 0.29) is 0 Å². The molecular formula is C23H28F6N4O5. The molecule has 1 saturated carbocycles. The zero-order valence-electron chi connectivity index (χ0n) is 20.3. The van der Waals surface area contributed by atoms with Crippen molar-refractivity contribution in [3.63, 3.8) is 0 Å². The van der Waals surface area contributed by atoms with E-state index in [2.05, 4.69) is 27.2 Å². The molecular weight excluding hydrogens is 526 g/mol. The van der Waals surface area contributed by atoms with Crippen molar-refractivity contribution in [1.82, 2.24) is 19.7 Å². The van der Waals surface area contributed by atoms with Crippen molar-refractivity contribution in [2.24, 2.45) is 13.0 Å². The highest BCUT2D eigenvalue weighted by molar-refractivity contribution is 5.73. The minimum Gasteiger partial charge on any atom is -0.475 e. The normalized spacial score (nSPS) is 19.7. The van der Waals surface area contributed by atoms with Crippen LogP contribution in [0.2, 0.25) is 0 Å². The largest absolute Gasteiger partial charge is 0.490 e. The molecule has 2 aromatic rings. The number of aromatic nitrogens is 3. The van der Waals surface area contributed by atoms with Crippen molar-refractivity contribution in [3.8, 4) is 0 Å². The molecule has 2 fully saturated rings. The highest BCUT2D eigenvalue weighted by Gasteiger charge is 2.39. The highest BCUT2D eigenvalue weighted by atomic mass is 19.4. The number of carbonyl (C=O) groups is 2. The van der Waals surface area contributed by atoms with Gasteiger partial charge in [0, 0.05) is 51.4 Å². The van der Waals surface area contributed by atoms with Gasteiger partial charge in [-0.25, -0.2) is 9.59 Å². The number of rotatable bonds is 7. The Morgan fingerprint density at radius 3 is 2.08 bits per heavy atom. The van der Waals surface area contributed by atoms with Gasteiger partial charge in [0.05, 0.1) is 12.3 Å². The topological polar surface area (TPSA) is 118 Å². The zero-order chi connectivity index (χ0) is 28.5. The number of hydrogen-bond donors (Lipinski definition) is 2. The van der Waals surface area contributed by atoms with E-state index in [1.807, 2.05) is 36.4 Å². The number of alkyl halides is 6. The van der Waals surface area contributed by atoms with E-state index in [9.17, 15) is 26.3 Å². The van der Waals surface area contributed by atoms with E-state index in [0.717, 1.165) is 38.5 Å². The number of pyridine rings is 1. The molecule has 0 spiro atoms. The molecule has 1 aliphatic carbocycles. The quantitative estimate of drug-likeness (QED) is 0.498. The maximum Gasteiger partial charge on any atom is 0.490 e. The van der Waals surface area contributed by atoms with Gasteiger partial charge in [-0.05, 0) is 48.8 Å². The summed E-state index contributed by atoms with van der Waals surface area (Å²) in [7, 11) is 1.98. The molecule has 38 heavy (non-hydrogen) atoms. The summed E-state index contributed by atoms with van der Waals surface area (Å²) in [5.41, 5.74) is 2.57. The molecule has 2 N–H and O–H groups in total. The number of likely N-dealkylation sites (tertiary alicyclic amines) is 1. The maximum absolute atomic E-state index is 10.6. The Morgan fingerprint density at radius 2 is 1.63 bits per heavy atom. The van der Waals surface area contributed by atoms with Gasteiger partial charge in [-0.1, -0.05) is 6.07 Å². The van der Waals surface area contributed by atoms with Gasteiger partial charge in [-0.15, -0.1) is 0 Å². The van der Waals surface area contributed by atoms with E-state index in [1.54, 1.807) is 0 Å². The number of nitrogens with zero attached hydrogens (tertiary/aromatic N) is 4. The summed E-state index contributed by atoms with van der Waals surface area (Å²) in [5.74, 6) is -4.70. The lowest BCUT2D eigenvalue weighted by atomic mass is 10.0. The summed E-state index contributed by atoms with van der Waals surface area (Å²) >= 11 is 0. The fourth-order valence-corrected chi connectivity index (χ4v) is 3.63. The molecule has 0 radical (unpaired) electrons. The minimum absolute atomic E-state index is 0.336. The van der Waals surface area contributed by atoms with Crippen LogP contribution in [0.15, 0.2) is 36.9 Å². The molecule has 1 aliphatic heterocycles. The Hall–Kier alpha value is -3.20. The molecule has 2 aromatic heterocycles. The van der Waals surface area contributed by atoms with E-state index in [4.69, 9.17) is 24.5 Å². The van der Waals surface area contributed by atoms with Gasteiger partial charge in [0.15, 0.2) is 0 Å². The third kappa shape index (κ3) is 11.0. The second-order valence-corrected chi connectivity index (χ2v) is 8.84. The number of carboxylic acid groups (broad SMARTS) is 2. The third-order valence-electron chi connectivity index (χ3n) is 5.64. The number of ether oxygens (including phenoxy) is 1. The van der Waals surface area contributed by atoms with Crippen LogP contribution in [0.25, 0.3) is 0 Å². The van der Waals surface area contributed by atoms with Crippen LogP contribution >= 0.6 is 0 Å². The molecule has 1 saturated heterocycles. The summed E-state index contributed by atoms with van der Waals surface area (Å²) in [5, 5.41) is 18.6. The lowest BCUT2D eigenvalue weighted by Crippen LogP contribution is -2.38. The van der Waals surface area contributed by atoms with Crippen LogP contribution in [0.5, 0.6) is 0 Å². The summed E-state index contributed by atoms with van der Waals surface area (Å²) in [6.45, 7) is 2.98. The molecule has 0 bridgehead atoms. The maximum atomic E-state index is 10.6. The van der Waals surface area contributed by atoms with E-state index in [1.165, 1.54) is 24.0 Å². The first-order chi connectivity index (χ1) is 17.7. The lowest BCUT2D eigenvalue weighted by molar-refractivity contribution is -0.193. The van der Waals surface area contributed by atoms with Gasteiger partial charge in [0.2, 0.25) is 0 Å². The van der Waals surface area contributed by atoms with Crippen LogP contribution < -0.4 is 0 Å². The Kier molecular flexibility index (Phi) is 11.1. The van der Waals surface area contributed by atoms with Crippen LogP contribution in [0, 0.1) is 5.92 Å². The fourth-order valence-electron chi connectivity index (χ4n) is 3.63. The molecule has 212 valence electrons. The summed E-state index contributed by atoms with van der Waals surface area (Å²) in [6, 6.07) is 4.60. The number of aryl methyl sites for hydroxylation is 1. The van der Waals surface area contributed by atoms with Gasteiger partial charge in [-0.2, -0.15) is 31.4 Å². The SMILES string of the molecule is Cn1cc(C[C@H]2[C@H](OCC3CC3)CCN2Cc2cccnc2)cn1.O=C(O)C(F)(F)F.O=C(O)C(F)(F)F. The Morgan fingerprint density at radius 1 is 1.03 bits per heavy atom. The molecule has 2 atom stereocenters. The average molecular weight is 554 g/mol. The van der Waals surface area contributed by atoms with Crippen LogP contribution in [0.1, 0.15) is 30.4 Å². The van der Waals surface area contributed by atoms with Gasteiger partial charge in [0.25, 0.3) is 0 Å². The fraction of sp³-hybridized carbons (Fsp3) is 0.565. The molecule has 4 rings (SSSR count). The third-order valence-corrected chi connectivity index (χ3v) is 5.64. The van der Waals surface area contributed by atoms with E-state index in [0.29, 0.717) is 12.1 Å². The smallest absolute Gasteiger partial charge is 0.475 e. The molecule has 2 aliphatic rings. The van der Waals surface area contributed by atoms with Gasteiger partial charge >= 0.3 is 24.3 Å². The molecule has 0 aromatic carbocycles. The van der Waals surface area contributed by atoms with Crippen LogP contribution in [0.4, 0.5) is 26.3 Å². The Balaban J connectivity index is 0.000000301. The van der Waals surface area contributed by atoms with Crippen LogP contribution in [0.3, 0.4) is 0 Å². The molecule has 0 amide bonds. The summed E-state index contributed by atoms with van der Waals surface area (Å²) in [4.78, 5) is 24.6. The number of hydrogen-bond acceptors (Lipinski definition) is 6. The Bertz CT molecular complexity index is 1000. The second-order valence-electron chi connectivity index (χ2n) is 8.84. The van der Waals surface area contributed by atoms with Crippen molar-refractivity contribution in [2.75, 3.05) is 13.2 Å². The Labute approximate surface area is 214 Å². The molecule has 15 heteroatoms. The predicted octanol–water partition coefficient (Wildman–Crippen LogP) is 3.69. The first-order valence-corrected chi connectivity index (χ1v) is 11.5. The van der Waals surface area contributed by atoms with Crippen LogP contribution in [-0.4, -0.2) is 79.5 Å². The second kappa shape index (κ2) is 13.6. The minimum atomic E-state index is -5.08. The number of halogens is 6. The monoisotopic (exact) mass is 554 g/mol. The molecule has 0 unspecified atom stereocenters. The van der Waals surface area contributed by atoms with Crippen molar-refractivity contribution in [3.05, 3.63) is 48.0 Å². The van der Waals surface area contributed by atoms with Gasteiger partial charge in [-0.3, -0.25) is 14.6 Å². The van der Waals surface area contributed by atoms with Gasteiger partial charge in [0.1, 0.15) is 0 Å². The van der Waals surface area contributed by atoms with E-state index >= 15 is 0 Å². The van der Waals surface area contributed by atoms with Crippen molar-refractivity contribution in [1.29, 1.82) is 0 Å². The van der Waals surface area contributed by atoms with Crippen molar-refractivity contribution in [2.45, 2.75) is 56.7 Å². The highest BCUT2D eigenvalue weighted by Crippen LogP contribution is 2.32. The lowest BCUT2D eigenvalue weighted by Gasteiger charge is -2.28. The predicted molar refractivity (Wildman–Crippen MR) is 120 cm³/mol. The first-order valence-electron chi connectivity index (χ1n) is 11.5. The standard InChI is InChI=1S/C19H26N4O.2C2HF3O2/c1-22-12-17(11-21-22)9-18-19(24-14-15-4-5-15)6-8-23(18)13-16-3-2-7-20-10-16;2*3-2(4,5)1(6)7/h2-3,7,10-12,15,18-19H,4-6,8-9,13-14H2,1H3;2*(H,6,7)/t18-,19+;;/m0../s1. The molecule has 9 nitrogen and oxygen atoms in total. The van der Waals surface area contributed by atoms with Crippen molar-refractivity contribution >= 4 is 11.9 Å².